The van der Waals surface area contributed by atoms with Gasteiger partial charge in [-0.2, -0.15) is 5.48 Å². The van der Waals surface area contributed by atoms with Crippen molar-refractivity contribution in [3.8, 4) is 0 Å². The zero-order valence-electron chi connectivity index (χ0n) is 7.22. The topological polar surface area (TPSA) is 93.0 Å². The second-order valence-electron chi connectivity index (χ2n) is 4.22. The lowest BCUT2D eigenvalue weighted by Crippen LogP contribution is -2.55. The molecule has 5 nitrogen and oxygen atoms in total. The van der Waals surface area contributed by atoms with Crippen LogP contribution in [0.2, 0.25) is 0 Å². The Labute approximate surface area is 76.0 Å². The van der Waals surface area contributed by atoms with Crippen molar-refractivity contribution in [2.45, 2.75) is 30.6 Å². The normalized spacial score (nSPS) is 54.5. The second-order valence-corrected chi connectivity index (χ2v) is 4.22. The van der Waals surface area contributed by atoms with Gasteiger partial charge in [0.1, 0.15) is 6.10 Å². The molecule has 2 fully saturated rings. The highest BCUT2D eigenvalue weighted by Crippen LogP contribution is 2.50. The van der Waals surface area contributed by atoms with E-state index in [1.165, 1.54) is 0 Å². The van der Waals surface area contributed by atoms with Crippen molar-refractivity contribution in [3.63, 3.8) is 0 Å². The van der Waals surface area contributed by atoms with Gasteiger partial charge in [-0.05, 0) is 24.7 Å². The first-order valence-corrected chi connectivity index (χ1v) is 4.53. The molecule has 0 amide bonds. The van der Waals surface area contributed by atoms with Gasteiger partial charge in [0.25, 0.3) is 0 Å². The van der Waals surface area contributed by atoms with Crippen LogP contribution < -0.4 is 5.48 Å². The van der Waals surface area contributed by atoms with Crippen molar-refractivity contribution in [2.24, 2.45) is 11.8 Å². The predicted octanol–water partition coefficient (Wildman–Crippen LogP) is -1.54. The minimum atomic E-state index is -0.926. The first kappa shape index (κ1) is 9.36. The Hall–Kier alpha value is -0.200. The van der Waals surface area contributed by atoms with Crippen molar-refractivity contribution in [2.75, 3.05) is 6.61 Å². The molecule has 5 atom stereocenters. The lowest BCUT2D eigenvalue weighted by atomic mass is 9.82. The molecule has 5 N–H and O–H groups in total. The molecule has 2 rings (SSSR count). The van der Waals surface area contributed by atoms with E-state index in [-0.39, 0.29) is 18.4 Å². The van der Waals surface area contributed by atoms with E-state index in [2.05, 4.69) is 5.48 Å². The molecule has 0 radical (unpaired) electrons. The largest absolute Gasteiger partial charge is 0.396 e. The van der Waals surface area contributed by atoms with Crippen molar-refractivity contribution in [3.05, 3.63) is 0 Å². The molecule has 0 aromatic heterocycles. The predicted molar refractivity (Wildman–Crippen MR) is 43.0 cm³/mol. The maximum absolute atomic E-state index is 9.60. The van der Waals surface area contributed by atoms with Gasteiger partial charge in [0.2, 0.25) is 0 Å². The summed E-state index contributed by atoms with van der Waals surface area (Å²) in [5.74, 6) is -0.113. The Bertz CT molecular complexity index is 206. The minimum absolute atomic E-state index is 0.00211. The van der Waals surface area contributed by atoms with Gasteiger partial charge in [0, 0.05) is 6.61 Å². The summed E-state index contributed by atoms with van der Waals surface area (Å²) in [6.07, 6.45) is -0.712. The molecular formula is C8H15NO4. The number of rotatable bonds is 2. The molecule has 2 bridgehead atoms. The van der Waals surface area contributed by atoms with Crippen molar-refractivity contribution >= 4 is 0 Å². The van der Waals surface area contributed by atoms with Gasteiger partial charge in [0.15, 0.2) is 0 Å². The first-order chi connectivity index (χ1) is 6.14. The van der Waals surface area contributed by atoms with Gasteiger partial charge in [-0.25, -0.2) is 0 Å². The Morgan fingerprint density at radius 2 is 2.00 bits per heavy atom. The van der Waals surface area contributed by atoms with E-state index in [9.17, 15) is 10.2 Å². The highest BCUT2D eigenvalue weighted by Gasteiger charge is 2.61. The smallest absolute Gasteiger partial charge is 0.100 e. The molecule has 13 heavy (non-hydrogen) atoms. The van der Waals surface area contributed by atoms with Crippen LogP contribution in [0.25, 0.3) is 0 Å². The number of hydroxylamine groups is 1. The van der Waals surface area contributed by atoms with E-state index >= 15 is 0 Å². The second kappa shape index (κ2) is 2.90. The summed E-state index contributed by atoms with van der Waals surface area (Å²) < 4.78 is 0. The highest BCUT2D eigenvalue weighted by molar-refractivity contribution is 5.14. The molecular weight excluding hydrogens is 174 g/mol. The van der Waals surface area contributed by atoms with Crippen LogP contribution in [0.1, 0.15) is 12.8 Å². The van der Waals surface area contributed by atoms with Crippen LogP contribution in [-0.2, 0) is 0 Å². The summed E-state index contributed by atoms with van der Waals surface area (Å²) in [5, 5.41) is 37.1. The van der Waals surface area contributed by atoms with Gasteiger partial charge < -0.3 is 20.5 Å². The third-order valence-corrected chi connectivity index (χ3v) is 3.62. The van der Waals surface area contributed by atoms with Gasteiger partial charge >= 0.3 is 0 Å². The summed E-state index contributed by atoms with van der Waals surface area (Å²) >= 11 is 0. The fourth-order valence-corrected chi connectivity index (χ4v) is 2.85. The Balaban J connectivity index is 2.22. The highest BCUT2D eigenvalue weighted by atomic mass is 16.5. The lowest BCUT2D eigenvalue weighted by Gasteiger charge is -2.35. The molecule has 0 saturated heterocycles. The van der Waals surface area contributed by atoms with Crippen molar-refractivity contribution in [1.29, 1.82) is 0 Å². The van der Waals surface area contributed by atoms with E-state index in [0.29, 0.717) is 12.8 Å². The molecule has 0 aromatic carbocycles. The van der Waals surface area contributed by atoms with Crippen molar-refractivity contribution in [1.82, 2.24) is 5.48 Å². The maximum atomic E-state index is 9.60. The number of aliphatic hydroxyl groups excluding tert-OH is 3. The molecule has 0 unspecified atom stereocenters. The molecule has 0 heterocycles. The molecule has 2 saturated carbocycles. The number of aliphatic hydroxyl groups is 3. The fraction of sp³-hybridized carbons (Fsp3) is 1.00. The van der Waals surface area contributed by atoms with Crippen LogP contribution in [0, 0.1) is 11.8 Å². The molecule has 0 aliphatic heterocycles. The third-order valence-electron chi connectivity index (χ3n) is 3.62. The van der Waals surface area contributed by atoms with Crippen LogP contribution in [0.5, 0.6) is 0 Å². The van der Waals surface area contributed by atoms with Gasteiger partial charge in [-0.3, -0.25) is 0 Å². The fourth-order valence-electron chi connectivity index (χ4n) is 2.85. The minimum Gasteiger partial charge on any atom is -0.396 e. The van der Waals surface area contributed by atoms with E-state index in [4.69, 9.17) is 10.3 Å². The number of hydrogen-bond donors (Lipinski definition) is 5. The van der Waals surface area contributed by atoms with Crippen LogP contribution in [0.3, 0.4) is 0 Å². The van der Waals surface area contributed by atoms with Crippen LogP contribution in [0.15, 0.2) is 0 Å². The summed E-state index contributed by atoms with van der Waals surface area (Å²) in [7, 11) is 0. The number of hydrogen-bond acceptors (Lipinski definition) is 5. The monoisotopic (exact) mass is 189 g/mol. The Kier molecular flexibility index (Phi) is 2.08. The summed E-state index contributed by atoms with van der Waals surface area (Å²) in [4.78, 5) is 0. The SMILES string of the molecule is OC[C@H]1C[C@]2(NO)C[C@@H]1[C@H](O)[C@@H]2O. The maximum Gasteiger partial charge on any atom is 0.100 e. The summed E-state index contributed by atoms with van der Waals surface area (Å²) in [6.45, 7) is -0.00211. The van der Waals surface area contributed by atoms with Crippen LogP contribution in [0.4, 0.5) is 0 Å². The molecule has 5 heteroatoms. The number of fused-ring (bicyclic) bond motifs is 2. The lowest BCUT2D eigenvalue weighted by molar-refractivity contribution is -0.0875. The summed E-state index contributed by atoms with van der Waals surface area (Å²) in [6, 6.07) is 0. The molecule has 76 valence electrons. The average molecular weight is 189 g/mol. The Morgan fingerprint density at radius 1 is 1.31 bits per heavy atom. The number of nitrogens with one attached hydrogen (secondary N) is 1. The van der Waals surface area contributed by atoms with Crippen LogP contribution >= 0.6 is 0 Å². The van der Waals surface area contributed by atoms with E-state index in [0.717, 1.165) is 0 Å². The molecule has 2 aliphatic rings. The van der Waals surface area contributed by atoms with Crippen molar-refractivity contribution < 1.29 is 20.5 Å². The summed E-state index contributed by atoms with van der Waals surface area (Å²) in [5.41, 5.74) is 1.30. The quantitative estimate of drug-likeness (QED) is 0.339. The molecule has 0 spiro atoms. The van der Waals surface area contributed by atoms with Gasteiger partial charge in [-0.1, -0.05) is 0 Å². The van der Waals surface area contributed by atoms with Gasteiger partial charge in [0.05, 0.1) is 11.6 Å². The van der Waals surface area contributed by atoms with E-state index in [1.807, 2.05) is 0 Å². The molecule has 2 aliphatic carbocycles. The van der Waals surface area contributed by atoms with Crippen LogP contribution in [-0.4, -0.2) is 44.9 Å². The first-order valence-electron chi connectivity index (χ1n) is 4.53. The zero-order valence-corrected chi connectivity index (χ0v) is 7.22. The standard InChI is InChI=1S/C8H15NO4/c10-3-4-1-8(9-13)2-5(4)6(11)7(8)12/h4-7,9-13H,1-3H2/t4-,5+,6+,7+,8+/m1/s1. The van der Waals surface area contributed by atoms with E-state index < -0.39 is 17.7 Å². The average Bonchev–Trinajstić information content (AvgIpc) is 2.64. The zero-order chi connectivity index (χ0) is 9.64. The Morgan fingerprint density at radius 3 is 2.46 bits per heavy atom. The van der Waals surface area contributed by atoms with E-state index in [1.54, 1.807) is 0 Å². The third kappa shape index (κ3) is 1.05. The van der Waals surface area contributed by atoms with Gasteiger partial charge in [-0.15, -0.1) is 0 Å². The molecule has 0 aromatic rings.